The Morgan fingerprint density at radius 2 is 2.00 bits per heavy atom. The minimum atomic E-state index is 0.751. The highest BCUT2D eigenvalue weighted by Gasteiger charge is 2.22. The summed E-state index contributed by atoms with van der Waals surface area (Å²) >= 11 is 0. The first-order valence-electron chi connectivity index (χ1n) is 5.39. The van der Waals surface area contributed by atoms with Gasteiger partial charge in [-0.2, -0.15) is 0 Å². The third kappa shape index (κ3) is 1.94. The third-order valence-corrected chi connectivity index (χ3v) is 2.77. The summed E-state index contributed by atoms with van der Waals surface area (Å²) in [5.74, 6) is 1.53. The van der Waals surface area contributed by atoms with E-state index in [1.807, 2.05) is 24.4 Å². The van der Waals surface area contributed by atoms with Gasteiger partial charge >= 0.3 is 0 Å². The number of nitrogens with zero attached hydrogens (tertiary/aromatic N) is 1. The van der Waals surface area contributed by atoms with E-state index in [0.29, 0.717) is 0 Å². The van der Waals surface area contributed by atoms with Crippen LogP contribution in [0.1, 0.15) is 12.8 Å². The molecule has 0 atom stereocenters. The molecule has 1 fully saturated rings. The lowest BCUT2D eigenvalue weighted by Gasteiger charge is -2.04. The Morgan fingerprint density at radius 3 is 2.80 bits per heavy atom. The summed E-state index contributed by atoms with van der Waals surface area (Å²) in [6.07, 6.45) is 4.50. The second-order valence-corrected chi connectivity index (χ2v) is 4.12. The van der Waals surface area contributed by atoms with E-state index >= 15 is 0 Å². The molecule has 2 nitrogen and oxygen atoms in total. The summed E-state index contributed by atoms with van der Waals surface area (Å²) in [5.41, 5.74) is 0. The lowest BCUT2D eigenvalue weighted by molar-refractivity contribution is 0.289. The first kappa shape index (κ1) is 8.72. The summed E-state index contributed by atoms with van der Waals surface area (Å²) in [5, 5.41) is 2.36. The van der Waals surface area contributed by atoms with Crippen LogP contribution >= 0.6 is 0 Å². The molecule has 1 aliphatic rings. The van der Waals surface area contributed by atoms with E-state index in [0.717, 1.165) is 23.8 Å². The zero-order chi connectivity index (χ0) is 10.1. The maximum atomic E-state index is 5.63. The predicted molar refractivity (Wildman–Crippen MR) is 60.0 cm³/mol. The zero-order valence-corrected chi connectivity index (χ0v) is 8.52. The molecule has 0 aliphatic heterocycles. The molecule has 76 valence electrons. The number of rotatable bonds is 3. The lowest BCUT2D eigenvalue weighted by Crippen LogP contribution is -2.00. The Hall–Kier alpha value is -1.57. The Morgan fingerprint density at radius 1 is 1.20 bits per heavy atom. The van der Waals surface area contributed by atoms with Gasteiger partial charge in [0.2, 0.25) is 5.88 Å². The van der Waals surface area contributed by atoms with Crippen molar-refractivity contribution < 1.29 is 4.74 Å². The zero-order valence-electron chi connectivity index (χ0n) is 8.52. The molecule has 2 heteroatoms. The minimum Gasteiger partial charge on any atom is -0.477 e. The maximum absolute atomic E-state index is 5.63. The fraction of sp³-hybridized carbons (Fsp3) is 0.308. The van der Waals surface area contributed by atoms with Gasteiger partial charge in [-0.3, -0.25) is 0 Å². The van der Waals surface area contributed by atoms with Gasteiger partial charge in [0.15, 0.2) is 0 Å². The van der Waals surface area contributed by atoms with Gasteiger partial charge in [-0.25, -0.2) is 4.98 Å². The van der Waals surface area contributed by atoms with E-state index < -0.39 is 0 Å². The van der Waals surface area contributed by atoms with Crippen LogP contribution in [0, 0.1) is 5.92 Å². The molecule has 0 N–H and O–H groups in total. The number of pyridine rings is 1. The van der Waals surface area contributed by atoms with Crippen LogP contribution in [0.4, 0.5) is 0 Å². The fourth-order valence-corrected chi connectivity index (χ4v) is 1.63. The van der Waals surface area contributed by atoms with Crippen LogP contribution in [-0.4, -0.2) is 11.6 Å². The number of aromatic nitrogens is 1. The van der Waals surface area contributed by atoms with Gasteiger partial charge in [-0.1, -0.05) is 24.3 Å². The van der Waals surface area contributed by atoms with Crippen molar-refractivity contribution in [1.82, 2.24) is 4.98 Å². The van der Waals surface area contributed by atoms with Crippen LogP contribution < -0.4 is 4.74 Å². The number of hydrogen-bond acceptors (Lipinski definition) is 2. The molecule has 1 heterocycles. The fourth-order valence-electron chi connectivity index (χ4n) is 1.63. The molecule has 1 saturated carbocycles. The molecular weight excluding hydrogens is 186 g/mol. The van der Waals surface area contributed by atoms with Crippen LogP contribution in [0.2, 0.25) is 0 Å². The molecule has 0 spiro atoms. The molecule has 1 aromatic carbocycles. The summed E-state index contributed by atoms with van der Waals surface area (Å²) in [6.45, 7) is 0.825. The van der Waals surface area contributed by atoms with Crippen molar-refractivity contribution in [3.05, 3.63) is 36.5 Å². The second kappa shape index (κ2) is 3.54. The standard InChI is InChI=1S/C13H13NO/c1-2-4-12-8-14-13(7-11(12)3-1)15-9-10-5-6-10/h1-4,7-8,10H,5-6,9H2. The van der Waals surface area contributed by atoms with Crippen molar-refractivity contribution in [3.63, 3.8) is 0 Å². The smallest absolute Gasteiger partial charge is 0.213 e. The van der Waals surface area contributed by atoms with Crippen molar-refractivity contribution in [2.45, 2.75) is 12.8 Å². The molecule has 1 aliphatic carbocycles. The third-order valence-electron chi connectivity index (χ3n) is 2.77. The minimum absolute atomic E-state index is 0.751. The molecule has 0 radical (unpaired) electrons. The number of fused-ring (bicyclic) bond motifs is 1. The van der Waals surface area contributed by atoms with Gasteiger partial charge in [0.25, 0.3) is 0 Å². The van der Waals surface area contributed by atoms with E-state index in [1.165, 1.54) is 18.2 Å². The van der Waals surface area contributed by atoms with Gasteiger partial charge < -0.3 is 4.74 Å². The number of benzene rings is 1. The summed E-state index contributed by atoms with van der Waals surface area (Å²) in [7, 11) is 0. The molecule has 0 amide bonds. The van der Waals surface area contributed by atoms with Gasteiger partial charge in [0.1, 0.15) is 0 Å². The lowest BCUT2D eigenvalue weighted by atomic mass is 10.2. The van der Waals surface area contributed by atoms with Gasteiger partial charge in [-0.15, -0.1) is 0 Å². The van der Waals surface area contributed by atoms with Gasteiger partial charge in [-0.05, 0) is 24.1 Å². The Balaban J connectivity index is 1.84. The van der Waals surface area contributed by atoms with Crippen molar-refractivity contribution in [3.8, 4) is 5.88 Å². The maximum Gasteiger partial charge on any atom is 0.213 e. The van der Waals surface area contributed by atoms with Crippen LogP contribution in [-0.2, 0) is 0 Å². The molecule has 15 heavy (non-hydrogen) atoms. The highest BCUT2D eigenvalue weighted by Crippen LogP contribution is 2.29. The average molecular weight is 199 g/mol. The highest BCUT2D eigenvalue weighted by atomic mass is 16.5. The molecule has 3 rings (SSSR count). The van der Waals surface area contributed by atoms with Crippen molar-refractivity contribution in [2.24, 2.45) is 5.92 Å². The Kier molecular flexibility index (Phi) is 2.05. The summed E-state index contributed by atoms with van der Waals surface area (Å²) in [6, 6.07) is 10.2. The van der Waals surface area contributed by atoms with Crippen LogP contribution in [0.15, 0.2) is 36.5 Å². The first-order chi connectivity index (χ1) is 7.42. The molecular formula is C13H13NO. The van der Waals surface area contributed by atoms with Gasteiger partial charge in [0, 0.05) is 17.6 Å². The molecule has 0 bridgehead atoms. The van der Waals surface area contributed by atoms with E-state index in [-0.39, 0.29) is 0 Å². The molecule has 2 aromatic rings. The van der Waals surface area contributed by atoms with Crippen LogP contribution in [0.25, 0.3) is 10.8 Å². The molecule has 1 aromatic heterocycles. The predicted octanol–water partition coefficient (Wildman–Crippen LogP) is 3.02. The normalized spacial score (nSPS) is 15.5. The topological polar surface area (TPSA) is 22.1 Å². The summed E-state index contributed by atoms with van der Waals surface area (Å²) in [4.78, 5) is 4.28. The average Bonchev–Trinajstić information content (AvgIpc) is 3.10. The van der Waals surface area contributed by atoms with Gasteiger partial charge in [0.05, 0.1) is 6.61 Å². The number of ether oxygens (including phenoxy) is 1. The quantitative estimate of drug-likeness (QED) is 0.758. The van der Waals surface area contributed by atoms with E-state index in [4.69, 9.17) is 4.74 Å². The largest absolute Gasteiger partial charge is 0.477 e. The Labute approximate surface area is 88.9 Å². The molecule has 0 unspecified atom stereocenters. The number of hydrogen-bond donors (Lipinski definition) is 0. The van der Waals surface area contributed by atoms with Crippen molar-refractivity contribution in [1.29, 1.82) is 0 Å². The monoisotopic (exact) mass is 199 g/mol. The van der Waals surface area contributed by atoms with E-state index in [1.54, 1.807) is 0 Å². The van der Waals surface area contributed by atoms with Crippen LogP contribution in [0.5, 0.6) is 5.88 Å². The molecule has 0 saturated heterocycles. The van der Waals surface area contributed by atoms with Crippen LogP contribution in [0.3, 0.4) is 0 Å². The second-order valence-electron chi connectivity index (χ2n) is 4.12. The van der Waals surface area contributed by atoms with Crippen molar-refractivity contribution in [2.75, 3.05) is 6.61 Å². The van der Waals surface area contributed by atoms with E-state index in [9.17, 15) is 0 Å². The summed E-state index contributed by atoms with van der Waals surface area (Å²) < 4.78 is 5.63. The highest BCUT2D eigenvalue weighted by molar-refractivity contribution is 5.82. The first-order valence-corrected chi connectivity index (χ1v) is 5.39. The van der Waals surface area contributed by atoms with Crippen molar-refractivity contribution >= 4 is 10.8 Å². The Bertz CT molecular complexity index is 477. The van der Waals surface area contributed by atoms with E-state index in [2.05, 4.69) is 17.1 Å². The SMILES string of the molecule is c1ccc2cc(OCC3CC3)ncc2c1.